The molecule has 0 aliphatic heterocycles. The quantitative estimate of drug-likeness (QED) is 0.583. The zero-order valence-electron chi connectivity index (χ0n) is 14.8. The Bertz CT molecular complexity index is 572. The lowest BCUT2D eigenvalue weighted by molar-refractivity contribution is 0.172. The summed E-state index contributed by atoms with van der Waals surface area (Å²) in [7, 11) is 0. The molecule has 1 heterocycles. The lowest BCUT2D eigenvalue weighted by atomic mass is 9.78. The first-order valence-corrected chi connectivity index (χ1v) is 8.84. The van der Waals surface area contributed by atoms with E-state index in [9.17, 15) is 0 Å². The van der Waals surface area contributed by atoms with Crippen LogP contribution in [-0.4, -0.2) is 21.9 Å². The summed E-state index contributed by atoms with van der Waals surface area (Å²) < 4.78 is 2.58. The molecule has 23 heavy (non-hydrogen) atoms. The van der Waals surface area contributed by atoms with Gasteiger partial charge in [0.05, 0.1) is 0 Å². The monoisotopic (exact) mass is 328 g/mol. The number of hydrogen-bond donors (Lipinski definition) is 0. The molecule has 0 atom stereocenters. The molecule has 1 aromatic heterocycles. The van der Waals surface area contributed by atoms with Crippen molar-refractivity contribution in [3.8, 4) is 0 Å². The summed E-state index contributed by atoms with van der Waals surface area (Å²) in [6.45, 7) is 13.5. The van der Waals surface area contributed by atoms with Crippen LogP contribution in [0, 0.1) is 18.8 Å². The molecule has 1 radical (unpaired) electrons. The highest BCUT2D eigenvalue weighted by Gasteiger charge is 2.33. The van der Waals surface area contributed by atoms with Gasteiger partial charge in [0, 0.05) is 17.3 Å². The minimum atomic E-state index is 0. The van der Waals surface area contributed by atoms with Gasteiger partial charge in [0.2, 0.25) is 0 Å². The molecule has 2 aromatic rings. The van der Waals surface area contributed by atoms with E-state index >= 15 is 0 Å². The van der Waals surface area contributed by atoms with Gasteiger partial charge >= 0.3 is 0 Å². The largest absolute Gasteiger partial charge is 0.341 e. The van der Waals surface area contributed by atoms with Crippen molar-refractivity contribution < 1.29 is 0 Å². The van der Waals surface area contributed by atoms with E-state index < -0.39 is 0 Å². The Balaban J connectivity index is 0.00000264. The number of fused-ring (bicyclic) bond motifs is 1. The second-order valence-electron chi connectivity index (χ2n) is 7.62. The molecule has 0 unspecified atom stereocenters. The van der Waals surface area contributed by atoms with Crippen LogP contribution in [0.25, 0.3) is 10.9 Å². The summed E-state index contributed by atoms with van der Waals surface area (Å²) in [4.78, 5) is 0. The molecule has 0 spiro atoms. The molecule has 0 fully saturated rings. The van der Waals surface area contributed by atoms with Crippen molar-refractivity contribution in [1.82, 2.24) is 4.57 Å². The molecule has 0 saturated carbocycles. The van der Waals surface area contributed by atoms with Crippen molar-refractivity contribution in [3.63, 3.8) is 0 Å². The van der Waals surface area contributed by atoms with E-state index in [1.165, 1.54) is 36.6 Å². The van der Waals surface area contributed by atoms with Crippen LogP contribution in [0.1, 0.15) is 59.8 Å². The van der Waals surface area contributed by atoms with Gasteiger partial charge in [-0.1, -0.05) is 65.7 Å². The Morgan fingerprint density at radius 1 is 1.00 bits per heavy atom. The van der Waals surface area contributed by atoms with Gasteiger partial charge in [-0.05, 0) is 48.6 Å². The average Bonchev–Trinajstić information content (AvgIpc) is 2.88. The second kappa shape index (κ2) is 8.95. The molecular weight excluding hydrogens is 293 g/mol. The SMILES string of the molecule is [AlH3].[CH2]CCCC(CC(C)C)(CC(C)C)n1ccc2ccccc21. The highest BCUT2D eigenvalue weighted by atomic mass is 27.0. The van der Waals surface area contributed by atoms with Gasteiger partial charge in [-0.25, -0.2) is 0 Å². The van der Waals surface area contributed by atoms with Crippen LogP contribution < -0.4 is 0 Å². The summed E-state index contributed by atoms with van der Waals surface area (Å²) in [5, 5.41) is 1.36. The predicted octanol–water partition coefficient (Wildman–Crippen LogP) is 5.25. The molecule has 127 valence electrons. The zero-order chi connectivity index (χ0) is 16.2. The number of aromatic nitrogens is 1. The first kappa shape index (κ1) is 20.3. The molecule has 2 heteroatoms. The Morgan fingerprint density at radius 3 is 2.17 bits per heavy atom. The third kappa shape index (κ3) is 4.88. The molecule has 0 aliphatic carbocycles. The average molecular weight is 329 g/mol. The first-order chi connectivity index (χ1) is 10.5. The number of para-hydroxylation sites is 1. The van der Waals surface area contributed by atoms with Crippen LogP contribution in [0.4, 0.5) is 0 Å². The summed E-state index contributed by atoms with van der Waals surface area (Å²) in [6.07, 6.45) is 8.25. The molecule has 1 aromatic carbocycles. The maximum Gasteiger partial charge on any atom is 0.187 e. The number of hydrogen-bond acceptors (Lipinski definition) is 0. The molecule has 0 amide bonds. The molecule has 0 saturated heterocycles. The number of unbranched alkanes of at least 4 members (excludes halogenated alkanes) is 1. The van der Waals surface area contributed by atoms with Gasteiger partial charge in [-0.3, -0.25) is 0 Å². The van der Waals surface area contributed by atoms with Crippen molar-refractivity contribution in [3.05, 3.63) is 43.5 Å². The van der Waals surface area contributed by atoms with Crippen LogP contribution in [0.3, 0.4) is 0 Å². The van der Waals surface area contributed by atoms with Crippen LogP contribution in [0.2, 0.25) is 0 Å². The van der Waals surface area contributed by atoms with Gasteiger partial charge in [0.25, 0.3) is 0 Å². The van der Waals surface area contributed by atoms with E-state index in [0.717, 1.165) is 6.42 Å². The normalized spacial score (nSPS) is 12.1. The van der Waals surface area contributed by atoms with Crippen molar-refractivity contribution >= 4 is 28.3 Å². The maximum absolute atomic E-state index is 4.08. The number of nitrogens with zero attached hydrogens (tertiary/aromatic N) is 1. The third-order valence-electron chi connectivity index (χ3n) is 4.58. The fourth-order valence-corrected chi connectivity index (χ4v) is 4.08. The summed E-state index contributed by atoms with van der Waals surface area (Å²) >= 11 is 0. The molecule has 2 rings (SSSR count). The van der Waals surface area contributed by atoms with E-state index in [0.29, 0.717) is 11.8 Å². The van der Waals surface area contributed by atoms with Gasteiger partial charge in [-0.15, -0.1) is 0 Å². The molecule has 0 bridgehead atoms. The molecule has 1 nitrogen and oxygen atoms in total. The van der Waals surface area contributed by atoms with Gasteiger partial charge in [-0.2, -0.15) is 0 Å². The summed E-state index contributed by atoms with van der Waals surface area (Å²) in [5.74, 6) is 1.40. The fourth-order valence-electron chi connectivity index (χ4n) is 4.08. The lowest BCUT2D eigenvalue weighted by Gasteiger charge is -2.40. The van der Waals surface area contributed by atoms with Crippen LogP contribution in [-0.2, 0) is 5.54 Å². The Morgan fingerprint density at radius 2 is 1.61 bits per heavy atom. The predicted molar refractivity (Wildman–Crippen MR) is 108 cm³/mol. The summed E-state index contributed by atoms with van der Waals surface area (Å²) in [6, 6.07) is 11.1. The lowest BCUT2D eigenvalue weighted by Crippen LogP contribution is -2.36. The van der Waals surface area contributed by atoms with E-state index in [1.807, 2.05) is 0 Å². The molecular formula is C21H35AlN. The van der Waals surface area contributed by atoms with Crippen molar-refractivity contribution in [1.29, 1.82) is 0 Å². The zero-order valence-corrected chi connectivity index (χ0v) is 14.8. The third-order valence-corrected chi connectivity index (χ3v) is 4.58. The first-order valence-electron chi connectivity index (χ1n) is 8.84. The Hall–Kier alpha value is -0.708. The Labute approximate surface area is 153 Å². The van der Waals surface area contributed by atoms with E-state index in [4.69, 9.17) is 0 Å². The van der Waals surface area contributed by atoms with Crippen LogP contribution in [0.15, 0.2) is 36.5 Å². The van der Waals surface area contributed by atoms with E-state index in [2.05, 4.69) is 75.7 Å². The van der Waals surface area contributed by atoms with Gasteiger partial charge < -0.3 is 4.57 Å². The van der Waals surface area contributed by atoms with Crippen molar-refractivity contribution in [2.45, 2.75) is 65.3 Å². The maximum atomic E-state index is 4.08. The summed E-state index contributed by atoms with van der Waals surface area (Å²) in [5.41, 5.74) is 1.61. The Kier molecular flexibility index (Phi) is 7.92. The number of benzene rings is 1. The highest BCUT2D eigenvalue weighted by molar-refractivity contribution is 5.80. The van der Waals surface area contributed by atoms with Crippen LogP contribution >= 0.6 is 0 Å². The minimum absolute atomic E-state index is 0. The smallest absolute Gasteiger partial charge is 0.187 e. The van der Waals surface area contributed by atoms with Crippen molar-refractivity contribution in [2.24, 2.45) is 11.8 Å². The van der Waals surface area contributed by atoms with E-state index in [-0.39, 0.29) is 22.9 Å². The van der Waals surface area contributed by atoms with Crippen molar-refractivity contribution in [2.75, 3.05) is 0 Å². The van der Waals surface area contributed by atoms with Gasteiger partial charge in [0.1, 0.15) is 0 Å². The van der Waals surface area contributed by atoms with Gasteiger partial charge in [0.15, 0.2) is 17.4 Å². The standard InChI is InChI=1S/C21H32N.Al.3H/c1-6-7-13-21(15-17(2)3,16-18(4)5)22-14-12-19-10-8-9-11-20(19)22;;;;/h8-12,14,17-18H,1,6-7,13,15-16H2,2-5H3;;;;. The topological polar surface area (TPSA) is 4.93 Å². The fraction of sp³-hybridized carbons (Fsp3) is 0.571. The van der Waals surface area contributed by atoms with E-state index in [1.54, 1.807) is 0 Å². The molecule has 0 N–H and O–H groups in total. The second-order valence-corrected chi connectivity index (χ2v) is 7.62. The number of rotatable bonds is 8. The molecule has 0 aliphatic rings. The minimum Gasteiger partial charge on any atom is -0.341 e. The highest BCUT2D eigenvalue weighted by Crippen LogP contribution is 2.39. The van der Waals surface area contributed by atoms with Crippen LogP contribution in [0.5, 0.6) is 0 Å².